The normalized spacial score (nSPS) is 18.3. The summed E-state index contributed by atoms with van der Waals surface area (Å²) in [4.78, 5) is 14.2. The van der Waals surface area contributed by atoms with Gasteiger partial charge in [-0.2, -0.15) is 0 Å². The number of nitrogens with zero attached hydrogens (tertiary/aromatic N) is 1. The number of likely N-dealkylation sites (tertiary alicyclic amines) is 1. The van der Waals surface area contributed by atoms with E-state index in [1.807, 2.05) is 11.9 Å². The Bertz CT molecular complexity index is 453. The molecule has 1 saturated heterocycles. The number of carbonyl (C=O) groups excluding carboxylic acids is 1. The minimum Gasteiger partial charge on any atom is -0.338 e. The van der Waals surface area contributed by atoms with E-state index >= 15 is 0 Å². The monoisotopic (exact) mass is 286 g/mol. The van der Waals surface area contributed by atoms with Gasteiger partial charge in [0.2, 0.25) is 0 Å². The van der Waals surface area contributed by atoms with E-state index in [2.05, 4.69) is 5.32 Å². The Morgan fingerprint density at radius 1 is 1.53 bits per heavy atom. The van der Waals surface area contributed by atoms with Crippen LogP contribution < -0.4 is 5.32 Å². The molecule has 0 aromatic heterocycles. The molecular weight excluding hydrogens is 267 g/mol. The van der Waals surface area contributed by atoms with Crippen molar-refractivity contribution in [2.24, 2.45) is 5.92 Å². The molecule has 1 heterocycles. The highest BCUT2D eigenvalue weighted by molar-refractivity contribution is 5.95. The van der Waals surface area contributed by atoms with Crippen LogP contribution in [0.25, 0.3) is 0 Å². The molecule has 0 saturated carbocycles. The minimum absolute atomic E-state index is 0. The number of rotatable bonds is 3. The highest BCUT2D eigenvalue weighted by Gasteiger charge is 2.27. The quantitative estimate of drug-likeness (QED) is 0.924. The summed E-state index contributed by atoms with van der Waals surface area (Å²) in [6.45, 7) is 4.29. The number of aryl methyl sites for hydroxylation is 1. The van der Waals surface area contributed by atoms with Crippen molar-refractivity contribution >= 4 is 18.3 Å². The average Bonchev–Trinajstić information content (AvgIpc) is 2.77. The van der Waals surface area contributed by atoms with Crippen molar-refractivity contribution in [3.05, 3.63) is 35.1 Å². The van der Waals surface area contributed by atoms with Crippen molar-refractivity contribution in [1.82, 2.24) is 10.2 Å². The zero-order valence-electron chi connectivity index (χ0n) is 11.3. The first kappa shape index (κ1) is 15.9. The fraction of sp³-hybridized carbons (Fsp3) is 0.500. The Kier molecular flexibility index (Phi) is 5.76. The van der Waals surface area contributed by atoms with Crippen molar-refractivity contribution in [3.63, 3.8) is 0 Å². The summed E-state index contributed by atoms with van der Waals surface area (Å²) in [6, 6.07) is 4.34. The zero-order chi connectivity index (χ0) is 13.1. The highest BCUT2D eigenvalue weighted by Crippen LogP contribution is 2.20. The van der Waals surface area contributed by atoms with Crippen LogP contribution in [-0.2, 0) is 0 Å². The van der Waals surface area contributed by atoms with E-state index in [0.29, 0.717) is 17.0 Å². The lowest BCUT2D eigenvalue weighted by Crippen LogP contribution is -2.30. The Balaban J connectivity index is 0.00000180. The largest absolute Gasteiger partial charge is 0.338 e. The lowest BCUT2D eigenvalue weighted by molar-refractivity contribution is 0.0786. The molecule has 3 nitrogen and oxygen atoms in total. The van der Waals surface area contributed by atoms with Gasteiger partial charge in [-0.1, -0.05) is 0 Å². The van der Waals surface area contributed by atoms with Gasteiger partial charge >= 0.3 is 0 Å². The van der Waals surface area contributed by atoms with E-state index < -0.39 is 0 Å². The molecule has 1 aliphatic rings. The molecule has 1 atom stereocenters. The first-order valence-corrected chi connectivity index (χ1v) is 6.32. The Morgan fingerprint density at radius 3 is 2.89 bits per heavy atom. The van der Waals surface area contributed by atoms with E-state index in [0.717, 1.165) is 26.1 Å². The minimum atomic E-state index is -0.293. The van der Waals surface area contributed by atoms with E-state index in [9.17, 15) is 9.18 Å². The van der Waals surface area contributed by atoms with Crippen LogP contribution in [0.5, 0.6) is 0 Å². The molecule has 1 amide bonds. The summed E-state index contributed by atoms with van der Waals surface area (Å²) in [5.74, 6) is 0.254. The molecule has 106 valence electrons. The van der Waals surface area contributed by atoms with Crippen molar-refractivity contribution in [2.45, 2.75) is 13.3 Å². The van der Waals surface area contributed by atoms with Gasteiger partial charge in [-0.3, -0.25) is 4.79 Å². The summed E-state index contributed by atoms with van der Waals surface area (Å²) in [5, 5.41) is 3.14. The molecule has 1 aliphatic heterocycles. The van der Waals surface area contributed by atoms with E-state index in [1.165, 1.54) is 12.1 Å². The first-order chi connectivity index (χ1) is 8.61. The van der Waals surface area contributed by atoms with Crippen molar-refractivity contribution in [3.8, 4) is 0 Å². The van der Waals surface area contributed by atoms with Crippen LogP contribution in [0, 0.1) is 18.7 Å². The van der Waals surface area contributed by atoms with Crippen LogP contribution in [0.2, 0.25) is 0 Å². The van der Waals surface area contributed by atoms with Crippen LogP contribution in [-0.4, -0.2) is 37.5 Å². The Hall–Kier alpha value is -1.13. The zero-order valence-corrected chi connectivity index (χ0v) is 12.1. The number of benzene rings is 1. The maximum Gasteiger partial charge on any atom is 0.254 e. The number of hydrogen-bond acceptors (Lipinski definition) is 2. The molecule has 2 rings (SSSR count). The summed E-state index contributed by atoms with van der Waals surface area (Å²) < 4.78 is 13.0. The number of amides is 1. The second-order valence-corrected chi connectivity index (χ2v) is 4.92. The molecule has 1 fully saturated rings. The fourth-order valence-electron chi connectivity index (χ4n) is 2.51. The fourth-order valence-corrected chi connectivity index (χ4v) is 2.51. The molecular formula is C14H20ClFN2O. The topological polar surface area (TPSA) is 32.3 Å². The van der Waals surface area contributed by atoms with Gasteiger partial charge in [0.05, 0.1) is 0 Å². The molecule has 0 radical (unpaired) electrons. The van der Waals surface area contributed by atoms with E-state index in [1.54, 1.807) is 13.0 Å². The van der Waals surface area contributed by atoms with Crippen LogP contribution in [0.15, 0.2) is 18.2 Å². The standard InChI is InChI=1S/C14H19FN2O.ClH/c1-10-7-12(15)3-4-13(10)14(18)17-6-5-11(9-17)8-16-2;/h3-4,7,11,16H,5-6,8-9H2,1-2H3;1H. The lowest BCUT2D eigenvalue weighted by atomic mass is 10.1. The second kappa shape index (κ2) is 6.87. The summed E-state index contributed by atoms with van der Waals surface area (Å²) >= 11 is 0. The van der Waals surface area contributed by atoms with Crippen molar-refractivity contribution in [2.75, 3.05) is 26.7 Å². The predicted octanol–water partition coefficient (Wildman–Crippen LogP) is 2.24. The van der Waals surface area contributed by atoms with Gasteiger partial charge in [0.25, 0.3) is 5.91 Å². The molecule has 1 unspecified atom stereocenters. The maximum absolute atomic E-state index is 13.0. The molecule has 5 heteroatoms. The van der Waals surface area contributed by atoms with Crippen LogP contribution in [0.4, 0.5) is 4.39 Å². The van der Waals surface area contributed by atoms with E-state index in [-0.39, 0.29) is 24.1 Å². The predicted molar refractivity (Wildman–Crippen MR) is 76.3 cm³/mol. The smallest absolute Gasteiger partial charge is 0.254 e. The summed E-state index contributed by atoms with van der Waals surface area (Å²) in [5.41, 5.74) is 1.32. The summed E-state index contributed by atoms with van der Waals surface area (Å²) in [6.07, 6.45) is 1.03. The molecule has 19 heavy (non-hydrogen) atoms. The third-order valence-electron chi connectivity index (χ3n) is 3.48. The highest BCUT2D eigenvalue weighted by atomic mass is 35.5. The first-order valence-electron chi connectivity index (χ1n) is 6.32. The second-order valence-electron chi connectivity index (χ2n) is 4.92. The number of halogens is 2. The van der Waals surface area contributed by atoms with Crippen molar-refractivity contribution < 1.29 is 9.18 Å². The van der Waals surface area contributed by atoms with Gasteiger partial charge < -0.3 is 10.2 Å². The number of carbonyl (C=O) groups is 1. The summed E-state index contributed by atoms with van der Waals surface area (Å²) in [7, 11) is 1.93. The third-order valence-corrected chi connectivity index (χ3v) is 3.48. The van der Waals surface area contributed by atoms with E-state index in [4.69, 9.17) is 0 Å². The molecule has 0 spiro atoms. The molecule has 0 bridgehead atoms. The van der Waals surface area contributed by atoms with Gasteiger partial charge in [0.1, 0.15) is 5.82 Å². The number of nitrogens with one attached hydrogen (secondary N) is 1. The Morgan fingerprint density at radius 2 is 2.26 bits per heavy atom. The van der Waals surface area contributed by atoms with Crippen molar-refractivity contribution in [1.29, 1.82) is 0 Å². The average molecular weight is 287 g/mol. The van der Waals surface area contributed by atoms with Crippen LogP contribution >= 0.6 is 12.4 Å². The van der Waals surface area contributed by atoms with Gasteiger partial charge in [0, 0.05) is 18.7 Å². The van der Waals surface area contributed by atoms with Gasteiger partial charge in [-0.25, -0.2) is 4.39 Å². The lowest BCUT2D eigenvalue weighted by Gasteiger charge is -2.17. The SMILES string of the molecule is CNCC1CCN(C(=O)c2ccc(F)cc2C)C1.Cl. The van der Waals surface area contributed by atoms with Gasteiger partial charge in [-0.15, -0.1) is 12.4 Å². The molecule has 0 aliphatic carbocycles. The van der Waals surface area contributed by atoms with Crippen LogP contribution in [0.1, 0.15) is 22.3 Å². The molecule has 1 N–H and O–H groups in total. The van der Waals surface area contributed by atoms with Gasteiger partial charge in [0.15, 0.2) is 0 Å². The molecule has 1 aromatic carbocycles. The maximum atomic E-state index is 13.0. The molecule has 1 aromatic rings. The number of hydrogen-bond donors (Lipinski definition) is 1. The third kappa shape index (κ3) is 3.67. The Labute approximate surface area is 119 Å². The van der Waals surface area contributed by atoms with Gasteiger partial charge in [-0.05, 0) is 56.6 Å². The van der Waals surface area contributed by atoms with Crippen LogP contribution in [0.3, 0.4) is 0 Å².